The van der Waals surface area contributed by atoms with Crippen LogP contribution < -0.4 is 0 Å². The summed E-state index contributed by atoms with van der Waals surface area (Å²) < 4.78 is 16.2. The van der Waals surface area contributed by atoms with Gasteiger partial charge in [0.2, 0.25) is 0 Å². The molecule has 1 aliphatic heterocycles. The molecule has 0 saturated carbocycles. The van der Waals surface area contributed by atoms with Gasteiger partial charge in [-0.2, -0.15) is 0 Å². The maximum atomic E-state index is 5.52. The summed E-state index contributed by atoms with van der Waals surface area (Å²) in [6.07, 6.45) is -0.169. The zero-order chi connectivity index (χ0) is 9.80. The maximum absolute atomic E-state index is 5.52. The van der Waals surface area contributed by atoms with E-state index in [-0.39, 0.29) is 12.4 Å². The second-order valence-electron chi connectivity index (χ2n) is 3.27. The molecule has 0 atom stereocenters. The lowest BCUT2D eigenvalue weighted by atomic mass is 10.2. The third-order valence-electron chi connectivity index (χ3n) is 2.27. The summed E-state index contributed by atoms with van der Waals surface area (Å²) >= 11 is 0. The van der Waals surface area contributed by atoms with Crippen LogP contribution in [0.5, 0.6) is 0 Å². The number of hydrogen-bond acceptors (Lipinski definition) is 3. The van der Waals surface area contributed by atoms with Gasteiger partial charge in [-0.15, -0.1) is 0 Å². The standard InChI is InChI=1S/C11H14O3/c1-12-10-7-13-11(14-8-10)9-5-3-2-4-6-9/h2-6,10-11H,7-8H2,1H3. The normalized spacial score (nSPS) is 27.5. The molecule has 1 aliphatic rings. The SMILES string of the molecule is COC1COC(c2ccccc2)OC1. The molecule has 0 aliphatic carbocycles. The van der Waals surface area contributed by atoms with E-state index in [9.17, 15) is 0 Å². The van der Waals surface area contributed by atoms with E-state index in [1.54, 1.807) is 7.11 Å². The fourth-order valence-electron chi connectivity index (χ4n) is 1.42. The number of methoxy groups -OCH3 is 1. The number of rotatable bonds is 2. The molecule has 3 heteroatoms. The summed E-state index contributed by atoms with van der Waals surface area (Å²) in [4.78, 5) is 0. The van der Waals surface area contributed by atoms with Gasteiger partial charge < -0.3 is 14.2 Å². The monoisotopic (exact) mass is 194 g/mol. The first-order chi connectivity index (χ1) is 6.90. The maximum Gasteiger partial charge on any atom is 0.184 e. The van der Waals surface area contributed by atoms with Gasteiger partial charge >= 0.3 is 0 Å². The summed E-state index contributed by atoms with van der Waals surface area (Å²) in [7, 11) is 1.67. The first kappa shape index (κ1) is 9.65. The Morgan fingerprint density at radius 1 is 1.14 bits per heavy atom. The molecule has 0 N–H and O–H groups in total. The van der Waals surface area contributed by atoms with Crippen molar-refractivity contribution in [3.8, 4) is 0 Å². The summed E-state index contributed by atoms with van der Waals surface area (Å²) in [5, 5.41) is 0. The van der Waals surface area contributed by atoms with Gasteiger partial charge in [-0.05, 0) is 0 Å². The number of ether oxygens (including phenoxy) is 3. The molecule has 0 aromatic heterocycles. The van der Waals surface area contributed by atoms with Crippen LogP contribution in [0.2, 0.25) is 0 Å². The number of benzene rings is 1. The van der Waals surface area contributed by atoms with E-state index in [0.29, 0.717) is 13.2 Å². The quantitative estimate of drug-likeness (QED) is 0.717. The van der Waals surface area contributed by atoms with Crippen molar-refractivity contribution < 1.29 is 14.2 Å². The molecule has 0 amide bonds. The molecule has 3 nitrogen and oxygen atoms in total. The van der Waals surface area contributed by atoms with E-state index < -0.39 is 0 Å². The Kier molecular flexibility index (Phi) is 3.14. The second-order valence-corrected chi connectivity index (χ2v) is 3.27. The topological polar surface area (TPSA) is 27.7 Å². The van der Waals surface area contributed by atoms with Crippen LogP contribution in [-0.4, -0.2) is 26.4 Å². The lowest BCUT2D eigenvalue weighted by molar-refractivity contribution is -0.225. The van der Waals surface area contributed by atoms with Crippen molar-refractivity contribution >= 4 is 0 Å². The predicted octanol–water partition coefficient (Wildman–Crippen LogP) is 1.75. The zero-order valence-corrected chi connectivity index (χ0v) is 8.18. The molecule has 1 aromatic carbocycles. The van der Waals surface area contributed by atoms with Crippen molar-refractivity contribution in [1.82, 2.24) is 0 Å². The minimum Gasteiger partial charge on any atom is -0.377 e. The molecule has 1 saturated heterocycles. The van der Waals surface area contributed by atoms with Crippen LogP contribution in [0.1, 0.15) is 11.9 Å². The summed E-state index contributed by atoms with van der Waals surface area (Å²) in [5.74, 6) is 0. The molecule has 2 rings (SSSR count). The molecular formula is C11H14O3. The van der Waals surface area contributed by atoms with Crippen molar-refractivity contribution in [1.29, 1.82) is 0 Å². The molecule has 0 radical (unpaired) electrons. The van der Waals surface area contributed by atoms with Gasteiger partial charge in [-0.3, -0.25) is 0 Å². The van der Waals surface area contributed by atoms with Gasteiger partial charge in [0.15, 0.2) is 6.29 Å². The summed E-state index contributed by atoms with van der Waals surface area (Å²) in [6, 6.07) is 9.93. The minimum absolute atomic E-state index is 0.0648. The van der Waals surface area contributed by atoms with Gasteiger partial charge in [0.25, 0.3) is 0 Å². The molecule has 76 valence electrons. The van der Waals surface area contributed by atoms with Crippen LogP contribution in [0.3, 0.4) is 0 Å². The third-order valence-corrected chi connectivity index (χ3v) is 2.27. The lowest BCUT2D eigenvalue weighted by Gasteiger charge is -2.28. The molecule has 1 fully saturated rings. The first-order valence-electron chi connectivity index (χ1n) is 4.71. The van der Waals surface area contributed by atoms with Gasteiger partial charge in [-0.25, -0.2) is 0 Å². The Labute approximate surface area is 83.6 Å². The average molecular weight is 194 g/mol. The Morgan fingerprint density at radius 2 is 1.79 bits per heavy atom. The highest BCUT2D eigenvalue weighted by atomic mass is 16.7. The van der Waals surface area contributed by atoms with E-state index in [1.165, 1.54) is 0 Å². The van der Waals surface area contributed by atoms with Crippen LogP contribution in [0.15, 0.2) is 30.3 Å². The fourth-order valence-corrected chi connectivity index (χ4v) is 1.42. The molecule has 1 aromatic rings. The minimum atomic E-state index is -0.234. The molecule has 0 unspecified atom stereocenters. The van der Waals surface area contributed by atoms with Crippen molar-refractivity contribution in [2.45, 2.75) is 12.4 Å². The smallest absolute Gasteiger partial charge is 0.184 e. The van der Waals surface area contributed by atoms with Crippen molar-refractivity contribution in [2.75, 3.05) is 20.3 Å². The second kappa shape index (κ2) is 4.55. The van der Waals surface area contributed by atoms with Crippen molar-refractivity contribution in [3.05, 3.63) is 35.9 Å². The fraction of sp³-hybridized carbons (Fsp3) is 0.455. The summed E-state index contributed by atoms with van der Waals surface area (Å²) in [5.41, 5.74) is 1.06. The van der Waals surface area contributed by atoms with Crippen molar-refractivity contribution in [3.63, 3.8) is 0 Å². The Bertz CT molecular complexity index is 265. The van der Waals surface area contributed by atoms with Crippen molar-refractivity contribution in [2.24, 2.45) is 0 Å². The van der Waals surface area contributed by atoms with Crippen LogP contribution in [0.25, 0.3) is 0 Å². The highest BCUT2D eigenvalue weighted by Gasteiger charge is 2.22. The molecular weight excluding hydrogens is 180 g/mol. The van der Waals surface area contributed by atoms with Crippen LogP contribution in [-0.2, 0) is 14.2 Å². The van der Waals surface area contributed by atoms with E-state index in [4.69, 9.17) is 14.2 Å². The van der Waals surface area contributed by atoms with E-state index in [2.05, 4.69) is 0 Å². The Morgan fingerprint density at radius 3 is 2.36 bits per heavy atom. The van der Waals surface area contributed by atoms with E-state index in [1.807, 2.05) is 30.3 Å². The highest BCUT2D eigenvalue weighted by Crippen LogP contribution is 2.22. The van der Waals surface area contributed by atoms with E-state index in [0.717, 1.165) is 5.56 Å². The predicted molar refractivity (Wildman–Crippen MR) is 51.9 cm³/mol. The molecule has 0 spiro atoms. The Balaban J connectivity index is 1.96. The third kappa shape index (κ3) is 2.12. The molecule has 0 bridgehead atoms. The van der Waals surface area contributed by atoms with Gasteiger partial charge in [0.1, 0.15) is 6.10 Å². The molecule has 1 heterocycles. The van der Waals surface area contributed by atoms with E-state index >= 15 is 0 Å². The Hall–Kier alpha value is -0.900. The van der Waals surface area contributed by atoms with Crippen LogP contribution in [0, 0.1) is 0 Å². The highest BCUT2D eigenvalue weighted by molar-refractivity contribution is 5.16. The van der Waals surface area contributed by atoms with Gasteiger partial charge in [-0.1, -0.05) is 30.3 Å². The van der Waals surface area contributed by atoms with Gasteiger partial charge in [0, 0.05) is 12.7 Å². The largest absolute Gasteiger partial charge is 0.377 e. The van der Waals surface area contributed by atoms with Crippen LogP contribution in [0.4, 0.5) is 0 Å². The lowest BCUT2D eigenvalue weighted by Crippen LogP contribution is -2.32. The average Bonchev–Trinajstić information content (AvgIpc) is 2.30. The molecule has 14 heavy (non-hydrogen) atoms. The van der Waals surface area contributed by atoms with Gasteiger partial charge in [0.05, 0.1) is 13.2 Å². The number of hydrogen-bond donors (Lipinski definition) is 0. The summed E-state index contributed by atoms with van der Waals surface area (Å²) in [6.45, 7) is 1.19. The van der Waals surface area contributed by atoms with Crippen LogP contribution >= 0.6 is 0 Å². The zero-order valence-electron chi connectivity index (χ0n) is 8.18. The first-order valence-corrected chi connectivity index (χ1v) is 4.71.